The maximum absolute atomic E-state index is 13.5. The quantitative estimate of drug-likeness (QED) is 0.817. The van der Waals surface area contributed by atoms with E-state index in [2.05, 4.69) is 10.3 Å². The van der Waals surface area contributed by atoms with Crippen molar-refractivity contribution in [3.63, 3.8) is 0 Å². The van der Waals surface area contributed by atoms with Crippen LogP contribution in [0.1, 0.15) is 5.56 Å². The summed E-state index contributed by atoms with van der Waals surface area (Å²) in [6, 6.07) is 5.06. The molecule has 0 saturated carbocycles. The van der Waals surface area contributed by atoms with Crippen LogP contribution < -0.4 is 11.1 Å². The van der Waals surface area contributed by atoms with Gasteiger partial charge >= 0.3 is 6.18 Å². The zero-order valence-electron chi connectivity index (χ0n) is 9.80. The standard InChI is InChI=1S/C12H8ClF4N3/c13-7-1-2-8(14)9(5-7)19-11-4-6(12(15,16)17)3-10(18)20-11/h1-5H,(H3,18,19,20). The van der Waals surface area contributed by atoms with Crippen molar-refractivity contribution >= 4 is 28.9 Å². The summed E-state index contributed by atoms with van der Waals surface area (Å²) in [5.74, 6) is -1.23. The zero-order valence-corrected chi connectivity index (χ0v) is 10.6. The number of benzene rings is 1. The van der Waals surface area contributed by atoms with Gasteiger partial charge in [0.2, 0.25) is 0 Å². The minimum Gasteiger partial charge on any atom is -0.384 e. The minimum atomic E-state index is -4.57. The van der Waals surface area contributed by atoms with E-state index in [1.807, 2.05) is 0 Å². The van der Waals surface area contributed by atoms with Crippen molar-refractivity contribution in [2.45, 2.75) is 6.18 Å². The van der Waals surface area contributed by atoms with Crippen LogP contribution >= 0.6 is 11.6 Å². The first-order chi connectivity index (χ1) is 9.25. The number of rotatable bonds is 2. The normalized spacial score (nSPS) is 11.4. The van der Waals surface area contributed by atoms with Crippen molar-refractivity contribution in [3.8, 4) is 0 Å². The molecular weight excluding hydrogens is 298 g/mol. The van der Waals surface area contributed by atoms with Gasteiger partial charge in [-0.3, -0.25) is 0 Å². The van der Waals surface area contributed by atoms with Gasteiger partial charge in [0.25, 0.3) is 0 Å². The Morgan fingerprint density at radius 2 is 1.85 bits per heavy atom. The smallest absolute Gasteiger partial charge is 0.384 e. The first kappa shape index (κ1) is 14.4. The Balaban J connectivity index is 2.39. The van der Waals surface area contributed by atoms with Crippen molar-refractivity contribution in [3.05, 3.63) is 46.7 Å². The van der Waals surface area contributed by atoms with Crippen LogP contribution in [0.3, 0.4) is 0 Å². The number of nitrogens with zero attached hydrogens (tertiary/aromatic N) is 1. The molecule has 0 amide bonds. The van der Waals surface area contributed by atoms with Gasteiger partial charge in [0.15, 0.2) is 0 Å². The molecule has 1 aromatic carbocycles. The molecule has 0 aliphatic rings. The molecule has 20 heavy (non-hydrogen) atoms. The number of halogens is 5. The molecule has 0 aliphatic heterocycles. The molecule has 106 valence electrons. The fourth-order valence-corrected chi connectivity index (χ4v) is 1.68. The highest BCUT2D eigenvalue weighted by atomic mass is 35.5. The Hall–Kier alpha value is -2.02. The number of hydrogen-bond acceptors (Lipinski definition) is 3. The van der Waals surface area contributed by atoms with Crippen molar-refractivity contribution in [1.82, 2.24) is 4.98 Å². The monoisotopic (exact) mass is 305 g/mol. The van der Waals surface area contributed by atoms with Gasteiger partial charge in [-0.1, -0.05) is 11.6 Å². The topological polar surface area (TPSA) is 50.9 Å². The second-order valence-corrected chi connectivity index (χ2v) is 4.35. The summed E-state index contributed by atoms with van der Waals surface area (Å²) in [5.41, 5.74) is 4.24. The SMILES string of the molecule is Nc1cc(C(F)(F)F)cc(Nc2cc(Cl)ccc2F)n1. The number of pyridine rings is 1. The lowest BCUT2D eigenvalue weighted by molar-refractivity contribution is -0.137. The number of anilines is 3. The van der Waals surface area contributed by atoms with Crippen molar-refractivity contribution in [2.75, 3.05) is 11.1 Å². The molecule has 0 saturated heterocycles. The molecule has 0 bridgehead atoms. The van der Waals surface area contributed by atoms with E-state index in [1.54, 1.807) is 0 Å². The van der Waals surface area contributed by atoms with Gasteiger partial charge < -0.3 is 11.1 Å². The maximum Gasteiger partial charge on any atom is 0.416 e. The van der Waals surface area contributed by atoms with E-state index in [9.17, 15) is 17.6 Å². The van der Waals surface area contributed by atoms with E-state index < -0.39 is 17.6 Å². The molecule has 1 aromatic heterocycles. The second-order valence-electron chi connectivity index (χ2n) is 3.91. The molecule has 3 N–H and O–H groups in total. The summed E-state index contributed by atoms with van der Waals surface area (Å²) in [6.45, 7) is 0. The largest absolute Gasteiger partial charge is 0.416 e. The first-order valence-electron chi connectivity index (χ1n) is 5.32. The predicted molar refractivity (Wildman–Crippen MR) is 68.3 cm³/mol. The van der Waals surface area contributed by atoms with Crippen molar-refractivity contribution in [1.29, 1.82) is 0 Å². The van der Waals surface area contributed by atoms with Gasteiger partial charge in [-0.05, 0) is 30.3 Å². The van der Waals surface area contributed by atoms with Gasteiger partial charge in [-0.15, -0.1) is 0 Å². The molecule has 1 heterocycles. The number of alkyl halides is 3. The fourth-order valence-electron chi connectivity index (χ4n) is 1.51. The summed E-state index contributed by atoms with van der Waals surface area (Å²) in [7, 11) is 0. The minimum absolute atomic E-state index is 0.0938. The number of hydrogen-bond donors (Lipinski definition) is 2. The van der Waals surface area contributed by atoms with Crippen LogP contribution in [0.5, 0.6) is 0 Å². The third kappa shape index (κ3) is 3.30. The second kappa shape index (κ2) is 5.16. The Bertz CT molecular complexity index is 643. The van der Waals surface area contributed by atoms with E-state index >= 15 is 0 Å². The fraction of sp³-hybridized carbons (Fsp3) is 0.0833. The van der Waals surface area contributed by atoms with Crippen LogP contribution in [0.2, 0.25) is 5.02 Å². The van der Waals surface area contributed by atoms with E-state index in [4.69, 9.17) is 17.3 Å². The molecule has 3 nitrogen and oxygen atoms in total. The lowest BCUT2D eigenvalue weighted by Crippen LogP contribution is -2.08. The molecule has 0 atom stereocenters. The van der Waals surface area contributed by atoms with Crippen molar-refractivity contribution in [2.24, 2.45) is 0 Å². The average Bonchev–Trinajstić information content (AvgIpc) is 2.32. The number of nitrogens with one attached hydrogen (secondary N) is 1. The van der Waals surface area contributed by atoms with Crippen LogP contribution in [-0.4, -0.2) is 4.98 Å². The van der Waals surface area contributed by atoms with E-state index in [1.165, 1.54) is 12.1 Å². The number of aromatic nitrogens is 1. The summed E-state index contributed by atoms with van der Waals surface area (Å²) in [6.07, 6.45) is -4.57. The summed E-state index contributed by atoms with van der Waals surface area (Å²) >= 11 is 5.69. The van der Waals surface area contributed by atoms with Gasteiger partial charge in [0.1, 0.15) is 17.5 Å². The molecular formula is C12H8ClF4N3. The van der Waals surface area contributed by atoms with E-state index in [0.717, 1.165) is 12.1 Å². The first-order valence-corrected chi connectivity index (χ1v) is 5.70. The summed E-state index contributed by atoms with van der Waals surface area (Å²) in [5, 5.41) is 2.65. The van der Waals surface area contributed by atoms with Crippen LogP contribution in [0, 0.1) is 5.82 Å². The van der Waals surface area contributed by atoms with Gasteiger partial charge in [-0.25, -0.2) is 9.37 Å². The van der Waals surface area contributed by atoms with Crippen molar-refractivity contribution < 1.29 is 17.6 Å². The molecule has 0 spiro atoms. The molecule has 0 unspecified atom stereocenters. The van der Waals surface area contributed by atoms with Gasteiger partial charge in [-0.2, -0.15) is 13.2 Å². The Morgan fingerprint density at radius 3 is 2.50 bits per heavy atom. The Labute approximate surface area is 116 Å². The van der Waals surface area contributed by atoms with Gasteiger partial charge in [0, 0.05) is 5.02 Å². The highest BCUT2D eigenvalue weighted by Crippen LogP contribution is 2.32. The lowest BCUT2D eigenvalue weighted by Gasteiger charge is -2.12. The Morgan fingerprint density at radius 1 is 1.15 bits per heavy atom. The molecule has 0 fully saturated rings. The van der Waals surface area contributed by atoms with E-state index in [-0.39, 0.29) is 22.3 Å². The molecule has 8 heteroatoms. The summed E-state index contributed by atoms with van der Waals surface area (Å²) < 4.78 is 51.4. The van der Waals surface area contributed by atoms with Gasteiger partial charge in [0.05, 0.1) is 11.3 Å². The lowest BCUT2D eigenvalue weighted by atomic mass is 10.2. The number of nitrogen functional groups attached to an aromatic ring is 1. The average molecular weight is 306 g/mol. The molecule has 2 aromatic rings. The summed E-state index contributed by atoms with van der Waals surface area (Å²) in [4.78, 5) is 3.67. The third-order valence-electron chi connectivity index (χ3n) is 2.36. The zero-order chi connectivity index (χ0) is 14.9. The number of nitrogens with two attached hydrogens (primary N) is 1. The highest BCUT2D eigenvalue weighted by molar-refractivity contribution is 6.30. The predicted octanol–water partition coefficient (Wildman–Crippen LogP) is 4.22. The maximum atomic E-state index is 13.5. The molecule has 0 aliphatic carbocycles. The van der Waals surface area contributed by atoms with E-state index in [0.29, 0.717) is 6.07 Å². The molecule has 0 radical (unpaired) electrons. The van der Waals surface area contributed by atoms with Crippen LogP contribution in [0.4, 0.5) is 34.9 Å². The highest BCUT2D eigenvalue weighted by Gasteiger charge is 2.31. The third-order valence-corrected chi connectivity index (χ3v) is 2.60. The van der Waals surface area contributed by atoms with Crippen LogP contribution in [0.15, 0.2) is 30.3 Å². The Kier molecular flexibility index (Phi) is 3.71. The van der Waals surface area contributed by atoms with Crippen LogP contribution in [0.25, 0.3) is 0 Å². The van der Waals surface area contributed by atoms with Crippen LogP contribution in [-0.2, 0) is 6.18 Å². The molecule has 2 rings (SSSR count).